The Morgan fingerprint density at radius 1 is 1.00 bits per heavy atom. The highest BCUT2D eigenvalue weighted by Crippen LogP contribution is 2.41. The third-order valence-corrected chi connectivity index (χ3v) is 7.83. The van der Waals surface area contributed by atoms with Crippen LogP contribution < -0.4 is 4.90 Å². The second-order valence-corrected chi connectivity index (χ2v) is 11.6. The first-order valence-corrected chi connectivity index (χ1v) is 13.4. The van der Waals surface area contributed by atoms with Crippen molar-refractivity contribution in [2.24, 2.45) is 11.3 Å². The number of piperidine rings is 2. The summed E-state index contributed by atoms with van der Waals surface area (Å²) in [5, 5.41) is 0. The van der Waals surface area contributed by atoms with Gasteiger partial charge in [0.1, 0.15) is 5.60 Å². The van der Waals surface area contributed by atoms with Crippen molar-refractivity contribution in [2.75, 3.05) is 50.8 Å². The molecular formula is C28H43N3O4. The number of para-hydroxylation sites is 1. The van der Waals surface area contributed by atoms with Crippen molar-refractivity contribution in [3.8, 4) is 0 Å². The molecule has 3 aliphatic heterocycles. The van der Waals surface area contributed by atoms with Gasteiger partial charge < -0.3 is 19.3 Å². The standard InChI is InChI=1S/C28H43N3O4/c1-5-34-25(32)22-10-15-30(16-11-22)24-9-7-6-8-23(24)20-29-17-12-28(21-29)13-18-31(19-14-28)26(33)35-27(2,3)4/h6-9,22H,5,10-21H2,1-4H3. The maximum absolute atomic E-state index is 12.5. The van der Waals surface area contributed by atoms with Gasteiger partial charge in [0.05, 0.1) is 12.5 Å². The number of hydrogen-bond donors (Lipinski definition) is 0. The minimum absolute atomic E-state index is 0.0309. The van der Waals surface area contributed by atoms with Gasteiger partial charge in [0, 0.05) is 45.0 Å². The van der Waals surface area contributed by atoms with Gasteiger partial charge in [-0.15, -0.1) is 0 Å². The molecule has 0 radical (unpaired) electrons. The van der Waals surface area contributed by atoms with Gasteiger partial charge in [0.15, 0.2) is 0 Å². The summed E-state index contributed by atoms with van der Waals surface area (Å²) >= 11 is 0. The summed E-state index contributed by atoms with van der Waals surface area (Å²) in [6.45, 7) is 14.6. The molecule has 7 nitrogen and oxygen atoms in total. The van der Waals surface area contributed by atoms with Crippen molar-refractivity contribution in [3.63, 3.8) is 0 Å². The van der Waals surface area contributed by atoms with E-state index in [-0.39, 0.29) is 18.0 Å². The zero-order valence-electron chi connectivity index (χ0n) is 22.1. The Bertz CT molecular complexity index is 880. The molecule has 0 atom stereocenters. The molecule has 0 aliphatic carbocycles. The predicted molar refractivity (Wildman–Crippen MR) is 137 cm³/mol. The summed E-state index contributed by atoms with van der Waals surface area (Å²) in [6.07, 6.45) is 4.82. The van der Waals surface area contributed by atoms with Crippen LogP contribution in [0, 0.1) is 11.3 Å². The van der Waals surface area contributed by atoms with E-state index in [1.807, 2.05) is 32.6 Å². The second-order valence-electron chi connectivity index (χ2n) is 11.6. The second kappa shape index (κ2) is 10.8. The Balaban J connectivity index is 1.31. The number of anilines is 1. The van der Waals surface area contributed by atoms with Crippen LogP contribution in [0.4, 0.5) is 10.5 Å². The summed E-state index contributed by atoms with van der Waals surface area (Å²) in [5.74, 6) is -0.0103. The first-order valence-electron chi connectivity index (χ1n) is 13.4. The third-order valence-electron chi connectivity index (χ3n) is 7.83. The van der Waals surface area contributed by atoms with E-state index >= 15 is 0 Å². The molecule has 3 saturated heterocycles. The van der Waals surface area contributed by atoms with Gasteiger partial charge in [-0.3, -0.25) is 9.69 Å². The molecule has 3 aliphatic rings. The highest BCUT2D eigenvalue weighted by Gasteiger charge is 2.42. The van der Waals surface area contributed by atoms with Crippen LogP contribution in [0.5, 0.6) is 0 Å². The van der Waals surface area contributed by atoms with Gasteiger partial charge in [0.2, 0.25) is 0 Å². The lowest BCUT2D eigenvalue weighted by molar-refractivity contribution is -0.148. The number of benzene rings is 1. The summed E-state index contributed by atoms with van der Waals surface area (Å²) in [5.41, 5.74) is 2.53. The van der Waals surface area contributed by atoms with Crippen molar-refractivity contribution >= 4 is 17.7 Å². The molecule has 4 rings (SSSR count). The van der Waals surface area contributed by atoms with Crippen LogP contribution in [0.15, 0.2) is 24.3 Å². The van der Waals surface area contributed by atoms with Crippen molar-refractivity contribution < 1.29 is 19.1 Å². The van der Waals surface area contributed by atoms with E-state index in [1.165, 1.54) is 17.7 Å². The number of carbonyl (C=O) groups is 2. The molecule has 1 aromatic rings. The zero-order valence-corrected chi connectivity index (χ0v) is 22.1. The van der Waals surface area contributed by atoms with E-state index in [9.17, 15) is 9.59 Å². The van der Waals surface area contributed by atoms with E-state index in [4.69, 9.17) is 9.47 Å². The Labute approximate surface area is 210 Å². The Morgan fingerprint density at radius 2 is 1.66 bits per heavy atom. The normalized spacial score (nSPS) is 21.4. The fraction of sp³-hybridized carbons (Fsp3) is 0.714. The lowest BCUT2D eigenvalue weighted by Crippen LogP contribution is -2.46. The van der Waals surface area contributed by atoms with Crippen molar-refractivity contribution in [2.45, 2.75) is 71.9 Å². The van der Waals surface area contributed by atoms with Crippen molar-refractivity contribution in [1.29, 1.82) is 0 Å². The van der Waals surface area contributed by atoms with Gasteiger partial charge in [-0.25, -0.2) is 4.79 Å². The maximum atomic E-state index is 12.5. The number of carbonyl (C=O) groups excluding carboxylic acids is 2. The van der Waals surface area contributed by atoms with E-state index in [2.05, 4.69) is 34.1 Å². The Hall–Kier alpha value is -2.28. The van der Waals surface area contributed by atoms with Gasteiger partial charge in [-0.2, -0.15) is 0 Å². The molecule has 194 valence electrons. The van der Waals surface area contributed by atoms with Gasteiger partial charge >= 0.3 is 12.1 Å². The largest absolute Gasteiger partial charge is 0.466 e. The van der Waals surface area contributed by atoms with Gasteiger partial charge in [-0.05, 0) is 83.4 Å². The molecule has 0 unspecified atom stereocenters. The number of esters is 1. The van der Waals surface area contributed by atoms with Crippen LogP contribution in [0.3, 0.4) is 0 Å². The third kappa shape index (κ3) is 6.49. The van der Waals surface area contributed by atoms with Crippen LogP contribution in [-0.4, -0.2) is 73.3 Å². The topological polar surface area (TPSA) is 62.3 Å². The highest BCUT2D eigenvalue weighted by molar-refractivity contribution is 5.73. The summed E-state index contributed by atoms with van der Waals surface area (Å²) in [4.78, 5) is 31.5. The molecular weight excluding hydrogens is 442 g/mol. The number of ether oxygens (including phenoxy) is 2. The summed E-state index contributed by atoms with van der Waals surface area (Å²) in [7, 11) is 0. The van der Waals surface area contributed by atoms with Crippen molar-refractivity contribution in [3.05, 3.63) is 29.8 Å². The fourth-order valence-electron chi connectivity index (χ4n) is 5.87. The lowest BCUT2D eigenvalue weighted by Gasteiger charge is -2.39. The first kappa shape index (κ1) is 25.8. The van der Waals surface area contributed by atoms with Crippen molar-refractivity contribution in [1.82, 2.24) is 9.80 Å². The number of likely N-dealkylation sites (tertiary alicyclic amines) is 2. The molecule has 1 aromatic carbocycles. The molecule has 7 heteroatoms. The van der Waals surface area contributed by atoms with E-state index in [0.717, 1.165) is 71.5 Å². The average molecular weight is 486 g/mol. The zero-order chi connectivity index (χ0) is 25.1. The lowest BCUT2D eigenvalue weighted by atomic mass is 9.78. The monoisotopic (exact) mass is 485 g/mol. The number of rotatable bonds is 5. The molecule has 0 saturated carbocycles. The number of hydrogen-bond acceptors (Lipinski definition) is 6. The van der Waals surface area contributed by atoms with Crippen LogP contribution in [0.1, 0.15) is 65.4 Å². The Morgan fingerprint density at radius 3 is 2.31 bits per heavy atom. The minimum Gasteiger partial charge on any atom is -0.466 e. The first-order chi connectivity index (χ1) is 16.7. The molecule has 35 heavy (non-hydrogen) atoms. The van der Waals surface area contributed by atoms with Crippen LogP contribution in [0.25, 0.3) is 0 Å². The molecule has 0 N–H and O–H groups in total. The smallest absolute Gasteiger partial charge is 0.410 e. The summed E-state index contributed by atoms with van der Waals surface area (Å²) < 4.78 is 10.8. The van der Waals surface area contributed by atoms with E-state index in [1.54, 1.807) is 0 Å². The summed E-state index contributed by atoms with van der Waals surface area (Å²) in [6, 6.07) is 8.73. The fourth-order valence-corrected chi connectivity index (χ4v) is 5.87. The molecule has 3 heterocycles. The molecule has 3 fully saturated rings. The minimum atomic E-state index is -0.447. The predicted octanol–water partition coefficient (Wildman–Crippen LogP) is 4.69. The average Bonchev–Trinajstić information content (AvgIpc) is 3.20. The quantitative estimate of drug-likeness (QED) is 0.564. The van der Waals surface area contributed by atoms with Gasteiger partial charge in [0.25, 0.3) is 0 Å². The highest BCUT2D eigenvalue weighted by atomic mass is 16.6. The molecule has 1 spiro atoms. The molecule has 1 amide bonds. The Kier molecular flexibility index (Phi) is 7.94. The number of amides is 1. The van der Waals surface area contributed by atoms with E-state index < -0.39 is 5.60 Å². The van der Waals surface area contributed by atoms with Crippen LogP contribution in [0.2, 0.25) is 0 Å². The maximum Gasteiger partial charge on any atom is 0.410 e. The molecule has 0 bridgehead atoms. The van der Waals surface area contributed by atoms with E-state index in [0.29, 0.717) is 12.0 Å². The van der Waals surface area contributed by atoms with Crippen LogP contribution in [-0.2, 0) is 20.8 Å². The molecule has 0 aromatic heterocycles. The number of nitrogens with zero attached hydrogens (tertiary/aromatic N) is 3. The SMILES string of the molecule is CCOC(=O)C1CCN(c2ccccc2CN2CCC3(CCN(C(=O)OC(C)(C)C)CC3)C2)CC1. The van der Waals surface area contributed by atoms with Gasteiger partial charge in [-0.1, -0.05) is 18.2 Å². The van der Waals surface area contributed by atoms with Crippen LogP contribution >= 0.6 is 0 Å².